The Balaban J connectivity index is 1.72. The predicted octanol–water partition coefficient (Wildman–Crippen LogP) is 5.35. The monoisotopic (exact) mass is 429 g/mol. The molecule has 0 saturated carbocycles. The molecule has 0 atom stereocenters. The zero-order chi connectivity index (χ0) is 20.2. The second-order valence-corrected chi connectivity index (χ2v) is 7.57. The molecule has 0 amide bonds. The number of benzene rings is 2. The summed E-state index contributed by atoms with van der Waals surface area (Å²) in [6, 6.07) is 13.7. The number of rotatable bonds is 7. The first-order chi connectivity index (χ1) is 14.2. The van der Waals surface area contributed by atoms with Crippen molar-refractivity contribution >= 4 is 23.4 Å². The third-order valence-electron chi connectivity index (χ3n) is 4.15. The van der Waals surface area contributed by atoms with Crippen LogP contribution in [0.5, 0.6) is 0 Å². The van der Waals surface area contributed by atoms with E-state index in [0.29, 0.717) is 44.7 Å². The summed E-state index contributed by atoms with van der Waals surface area (Å²) in [5.41, 5.74) is 1.01. The van der Waals surface area contributed by atoms with Gasteiger partial charge in [0, 0.05) is 12.0 Å². The minimum absolute atomic E-state index is 0.340. The molecule has 4 aromatic rings. The standard InChI is InChI=1S/C20H17ClFN5OS/c1-2-7-17-23-18(28-26-17)12-29-20-25-24-19(13-8-3-4-9-14(13)21)27(20)16-11-6-5-10-15(16)22/h3-6,8-11H,2,7,12H2,1H3. The van der Waals surface area contributed by atoms with Crippen molar-refractivity contribution < 1.29 is 8.91 Å². The maximum atomic E-state index is 14.6. The van der Waals surface area contributed by atoms with Crippen molar-refractivity contribution in [2.75, 3.05) is 0 Å². The van der Waals surface area contributed by atoms with Gasteiger partial charge >= 0.3 is 0 Å². The molecule has 29 heavy (non-hydrogen) atoms. The van der Waals surface area contributed by atoms with Crippen LogP contribution in [-0.4, -0.2) is 24.9 Å². The Morgan fingerprint density at radius 2 is 1.90 bits per heavy atom. The van der Waals surface area contributed by atoms with E-state index in [4.69, 9.17) is 16.1 Å². The lowest BCUT2D eigenvalue weighted by molar-refractivity contribution is 0.384. The Bertz CT molecular complexity index is 1130. The Kier molecular flexibility index (Phi) is 5.92. The Hall–Kier alpha value is -2.71. The molecule has 2 aromatic carbocycles. The topological polar surface area (TPSA) is 69.6 Å². The molecule has 2 heterocycles. The number of hydrogen-bond acceptors (Lipinski definition) is 6. The van der Waals surface area contributed by atoms with Crippen LogP contribution in [0.4, 0.5) is 4.39 Å². The summed E-state index contributed by atoms with van der Waals surface area (Å²) >= 11 is 7.70. The molecule has 9 heteroatoms. The van der Waals surface area contributed by atoms with Crippen LogP contribution in [0.3, 0.4) is 0 Å². The number of para-hydroxylation sites is 1. The van der Waals surface area contributed by atoms with Gasteiger partial charge in [0.2, 0.25) is 5.89 Å². The second kappa shape index (κ2) is 8.75. The van der Waals surface area contributed by atoms with Gasteiger partial charge in [-0.3, -0.25) is 4.57 Å². The van der Waals surface area contributed by atoms with Crippen molar-refractivity contribution in [2.24, 2.45) is 0 Å². The van der Waals surface area contributed by atoms with Crippen molar-refractivity contribution in [3.05, 3.63) is 71.1 Å². The number of halogens is 2. The van der Waals surface area contributed by atoms with E-state index in [9.17, 15) is 4.39 Å². The third-order valence-corrected chi connectivity index (χ3v) is 5.39. The summed E-state index contributed by atoms with van der Waals surface area (Å²) in [5.74, 6) is 1.63. The first-order valence-electron chi connectivity index (χ1n) is 9.07. The summed E-state index contributed by atoms with van der Waals surface area (Å²) < 4.78 is 21.6. The summed E-state index contributed by atoms with van der Waals surface area (Å²) in [5, 5.41) is 13.5. The second-order valence-electron chi connectivity index (χ2n) is 6.22. The van der Waals surface area contributed by atoms with E-state index >= 15 is 0 Å². The maximum absolute atomic E-state index is 14.6. The molecule has 148 valence electrons. The molecule has 4 rings (SSSR count). The SMILES string of the molecule is CCCc1noc(CSc2nnc(-c3ccccc3Cl)n2-c2ccccc2F)n1. The zero-order valence-electron chi connectivity index (χ0n) is 15.5. The minimum atomic E-state index is -0.384. The molecule has 0 spiro atoms. The first kappa shape index (κ1) is 19.6. The number of aryl methyl sites for hydroxylation is 1. The molecule has 0 aliphatic rings. The smallest absolute Gasteiger partial charge is 0.237 e. The van der Waals surface area contributed by atoms with Crippen molar-refractivity contribution in [3.8, 4) is 17.1 Å². The fourth-order valence-electron chi connectivity index (χ4n) is 2.83. The lowest BCUT2D eigenvalue weighted by Gasteiger charge is -2.11. The number of hydrogen-bond donors (Lipinski definition) is 0. The molecule has 0 bridgehead atoms. The van der Waals surface area contributed by atoms with Crippen LogP contribution in [-0.2, 0) is 12.2 Å². The van der Waals surface area contributed by atoms with E-state index in [1.807, 2.05) is 18.2 Å². The number of nitrogens with zero attached hydrogens (tertiary/aromatic N) is 5. The highest BCUT2D eigenvalue weighted by atomic mass is 35.5. The molecule has 2 aromatic heterocycles. The highest BCUT2D eigenvalue weighted by molar-refractivity contribution is 7.98. The lowest BCUT2D eigenvalue weighted by Crippen LogP contribution is -2.02. The molecular weight excluding hydrogens is 413 g/mol. The molecule has 0 fully saturated rings. The normalized spacial score (nSPS) is 11.1. The van der Waals surface area contributed by atoms with Gasteiger partial charge in [0.25, 0.3) is 0 Å². The van der Waals surface area contributed by atoms with Gasteiger partial charge in [-0.2, -0.15) is 4.98 Å². The molecule has 6 nitrogen and oxygen atoms in total. The Morgan fingerprint density at radius 3 is 2.69 bits per heavy atom. The fourth-order valence-corrected chi connectivity index (χ4v) is 3.83. The number of thioether (sulfide) groups is 1. The van der Waals surface area contributed by atoms with Crippen LogP contribution in [0.2, 0.25) is 5.02 Å². The summed E-state index contributed by atoms with van der Waals surface area (Å²) in [4.78, 5) is 4.36. The van der Waals surface area contributed by atoms with Gasteiger partial charge in [-0.25, -0.2) is 4.39 Å². The van der Waals surface area contributed by atoms with E-state index in [1.54, 1.807) is 28.8 Å². The molecule has 0 aliphatic carbocycles. The van der Waals surface area contributed by atoms with E-state index in [2.05, 4.69) is 27.3 Å². The molecule has 0 aliphatic heterocycles. The highest BCUT2D eigenvalue weighted by Crippen LogP contribution is 2.33. The quantitative estimate of drug-likeness (QED) is 0.368. The van der Waals surface area contributed by atoms with E-state index < -0.39 is 0 Å². The van der Waals surface area contributed by atoms with Crippen molar-refractivity contribution in [1.29, 1.82) is 0 Å². The fraction of sp³-hybridized carbons (Fsp3) is 0.200. The molecular formula is C20H17ClFN5OS. The first-order valence-corrected chi connectivity index (χ1v) is 10.4. The molecule has 0 unspecified atom stereocenters. The predicted molar refractivity (Wildman–Crippen MR) is 110 cm³/mol. The van der Waals surface area contributed by atoms with E-state index in [-0.39, 0.29) is 5.82 Å². The summed E-state index contributed by atoms with van der Waals surface area (Å²) in [6.07, 6.45) is 1.70. The van der Waals surface area contributed by atoms with Crippen LogP contribution in [0.1, 0.15) is 25.1 Å². The zero-order valence-corrected chi connectivity index (χ0v) is 17.1. The molecule has 0 saturated heterocycles. The van der Waals surface area contributed by atoms with E-state index in [1.165, 1.54) is 17.8 Å². The van der Waals surface area contributed by atoms with Crippen LogP contribution >= 0.6 is 23.4 Å². The van der Waals surface area contributed by atoms with Gasteiger partial charge in [0.1, 0.15) is 5.82 Å². The van der Waals surface area contributed by atoms with Gasteiger partial charge in [-0.1, -0.05) is 59.7 Å². The van der Waals surface area contributed by atoms with Crippen LogP contribution in [0, 0.1) is 5.82 Å². The Morgan fingerprint density at radius 1 is 1.10 bits per heavy atom. The summed E-state index contributed by atoms with van der Waals surface area (Å²) in [7, 11) is 0. The summed E-state index contributed by atoms with van der Waals surface area (Å²) in [6.45, 7) is 2.05. The van der Waals surface area contributed by atoms with Gasteiger partial charge in [-0.05, 0) is 30.7 Å². The molecule has 0 N–H and O–H groups in total. The largest absolute Gasteiger partial charge is 0.338 e. The highest BCUT2D eigenvalue weighted by Gasteiger charge is 2.20. The van der Waals surface area contributed by atoms with Crippen molar-refractivity contribution in [3.63, 3.8) is 0 Å². The Labute approximate surface area is 176 Å². The number of aromatic nitrogens is 5. The lowest BCUT2D eigenvalue weighted by atomic mass is 10.2. The van der Waals surface area contributed by atoms with Crippen LogP contribution < -0.4 is 0 Å². The van der Waals surface area contributed by atoms with Crippen molar-refractivity contribution in [2.45, 2.75) is 30.7 Å². The van der Waals surface area contributed by atoms with Gasteiger partial charge in [0.15, 0.2) is 16.8 Å². The van der Waals surface area contributed by atoms with Gasteiger partial charge in [-0.15, -0.1) is 10.2 Å². The van der Waals surface area contributed by atoms with Gasteiger partial charge in [0.05, 0.1) is 16.5 Å². The third kappa shape index (κ3) is 4.18. The average Bonchev–Trinajstić information content (AvgIpc) is 3.34. The van der Waals surface area contributed by atoms with Crippen LogP contribution in [0.25, 0.3) is 17.1 Å². The minimum Gasteiger partial charge on any atom is -0.338 e. The average molecular weight is 430 g/mol. The van der Waals surface area contributed by atoms with Crippen LogP contribution in [0.15, 0.2) is 58.2 Å². The maximum Gasteiger partial charge on any atom is 0.237 e. The van der Waals surface area contributed by atoms with Crippen molar-refractivity contribution in [1.82, 2.24) is 24.9 Å². The van der Waals surface area contributed by atoms with E-state index in [0.717, 1.165) is 12.8 Å². The van der Waals surface area contributed by atoms with Gasteiger partial charge < -0.3 is 4.52 Å². The molecule has 0 radical (unpaired) electrons.